The van der Waals surface area contributed by atoms with Crippen LogP contribution in [-0.2, 0) is 14.6 Å². The highest BCUT2D eigenvalue weighted by atomic mass is 17.2. The first-order chi connectivity index (χ1) is 9.91. The molecule has 0 aromatic heterocycles. The molecule has 0 fully saturated rings. The first-order valence-electron chi connectivity index (χ1n) is 8.57. The molecule has 0 spiro atoms. The van der Waals surface area contributed by atoms with Gasteiger partial charge in [-0.15, -0.1) is 0 Å². The van der Waals surface area contributed by atoms with Crippen LogP contribution in [0.1, 0.15) is 96.8 Å². The van der Waals surface area contributed by atoms with Gasteiger partial charge in [-0.05, 0) is 6.42 Å². The van der Waals surface area contributed by atoms with Crippen molar-refractivity contribution in [2.24, 2.45) is 0 Å². The number of rotatable bonds is 17. The Balaban J connectivity index is 2.90. The largest absolute Gasteiger partial charge is 0.453 e. The van der Waals surface area contributed by atoms with E-state index in [1.54, 1.807) is 0 Å². The van der Waals surface area contributed by atoms with Crippen molar-refractivity contribution in [2.75, 3.05) is 6.61 Å². The van der Waals surface area contributed by atoms with Crippen molar-refractivity contribution in [1.82, 2.24) is 0 Å². The molecule has 0 aliphatic heterocycles. The predicted molar refractivity (Wildman–Crippen MR) is 83.0 cm³/mol. The highest BCUT2D eigenvalue weighted by Gasteiger charge is 1.94. The van der Waals surface area contributed by atoms with Crippen LogP contribution in [0.5, 0.6) is 0 Å². The van der Waals surface area contributed by atoms with Crippen LogP contribution in [0.15, 0.2) is 0 Å². The Labute approximate surface area is 125 Å². The monoisotopic (exact) mass is 285 g/mol. The molecule has 0 saturated heterocycles. The summed E-state index contributed by atoms with van der Waals surface area (Å²) >= 11 is 0. The molecule has 0 saturated carbocycles. The summed E-state index contributed by atoms with van der Waals surface area (Å²) in [4.78, 5) is 18.3. The maximum absolute atomic E-state index is 9.68. The van der Waals surface area contributed by atoms with Crippen molar-refractivity contribution in [3.05, 3.63) is 0 Å². The predicted octanol–water partition coefficient (Wildman–Crippen LogP) is 5.48. The van der Waals surface area contributed by atoms with E-state index in [9.17, 15) is 4.79 Å². The van der Waals surface area contributed by atoms with Gasteiger partial charge < -0.3 is 0 Å². The SMILES string of the molecule is CCCCCCCCCCCCCCCCOO[C]=O. The van der Waals surface area contributed by atoms with Crippen LogP contribution in [-0.4, -0.2) is 13.1 Å². The van der Waals surface area contributed by atoms with E-state index in [1.165, 1.54) is 83.5 Å². The Bertz CT molecular complexity index is 183. The molecule has 0 unspecified atom stereocenters. The standard InChI is InChI=1S/C17H33O3/c1-2-3-4-5-6-7-8-9-10-11-12-13-14-15-16-19-20-17-18/h2-16H2,1H3. The lowest BCUT2D eigenvalue weighted by Crippen LogP contribution is -1.94. The zero-order chi connectivity index (χ0) is 14.7. The van der Waals surface area contributed by atoms with Gasteiger partial charge in [-0.25, -0.2) is 4.79 Å². The Kier molecular flexibility index (Phi) is 17.9. The molecular weight excluding hydrogens is 252 g/mol. The number of hydrogen-bond donors (Lipinski definition) is 0. The first-order valence-corrected chi connectivity index (χ1v) is 8.57. The zero-order valence-electron chi connectivity index (χ0n) is 13.3. The van der Waals surface area contributed by atoms with Crippen molar-refractivity contribution in [2.45, 2.75) is 96.8 Å². The minimum atomic E-state index is 0.493. The van der Waals surface area contributed by atoms with Crippen LogP contribution < -0.4 is 0 Å². The topological polar surface area (TPSA) is 35.5 Å². The summed E-state index contributed by atoms with van der Waals surface area (Å²) in [5.74, 6) is 0. The van der Waals surface area contributed by atoms with E-state index < -0.39 is 0 Å². The highest BCUT2D eigenvalue weighted by Crippen LogP contribution is 2.12. The molecule has 0 amide bonds. The minimum Gasteiger partial charge on any atom is -0.285 e. The second kappa shape index (κ2) is 18.4. The molecule has 0 aliphatic carbocycles. The molecule has 0 rings (SSSR count). The van der Waals surface area contributed by atoms with Crippen molar-refractivity contribution in [3.63, 3.8) is 0 Å². The molecule has 3 nitrogen and oxygen atoms in total. The van der Waals surface area contributed by atoms with Crippen molar-refractivity contribution in [1.29, 1.82) is 0 Å². The van der Waals surface area contributed by atoms with Crippen molar-refractivity contribution >= 4 is 6.47 Å². The van der Waals surface area contributed by atoms with Crippen molar-refractivity contribution in [3.8, 4) is 0 Å². The Morgan fingerprint density at radius 2 is 1.05 bits per heavy atom. The Hall–Kier alpha value is -0.570. The van der Waals surface area contributed by atoms with Crippen LogP contribution in [0.25, 0.3) is 0 Å². The molecular formula is C17H33O3. The second-order valence-corrected chi connectivity index (χ2v) is 5.58. The van der Waals surface area contributed by atoms with Gasteiger partial charge in [0.05, 0.1) is 6.61 Å². The summed E-state index contributed by atoms with van der Waals surface area (Å²) in [5, 5.41) is 0. The number of carbonyl (C=O) groups excluding carboxylic acids is 1. The average Bonchev–Trinajstić information content (AvgIpc) is 2.47. The van der Waals surface area contributed by atoms with E-state index in [-0.39, 0.29) is 0 Å². The van der Waals surface area contributed by atoms with E-state index in [1.807, 2.05) is 0 Å². The van der Waals surface area contributed by atoms with Crippen LogP contribution >= 0.6 is 0 Å². The normalized spacial score (nSPS) is 10.7. The van der Waals surface area contributed by atoms with E-state index in [0.29, 0.717) is 6.61 Å². The quantitative estimate of drug-likeness (QED) is 0.201. The third-order valence-electron chi connectivity index (χ3n) is 3.67. The summed E-state index contributed by atoms with van der Waals surface area (Å²) in [6.45, 7) is 4.01. The number of unbranched alkanes of at least 4 members (excludes halogenated alkanes) is 13. The first kappa shape index (κ1) is 19.4. The van der Waals surface area contributed by atoms with Crippen LogP contribution in [0.3, 0.4) is 0 Å². The summed E-state index contributed by atoms with van der Waals surface area (Å²) in [6, 6.07) is 0. The molecule has 0 aliphatic rings. The minimum absolute atomic E-state index is 0.493. The van der Waals surface area contributed by atoms with E-state index >= 15 is 0 Å². The molecule has 3 heteroatoms. The van der Waals surface area contributed by atoms with E-state index in [2.05, 4.69) is 16.7 Å². The van der Waals surface area contributed by atoms with E-state index in [0.717, 1.165) is 12.8 Å². The summed E-state index contributed by atoms with van der Waals surface area (Å²) in [7, 11) is 0. The summed E-state index contributed by atoms with van der Waals surface area (Å²) < 4.78 is 0. The average molecular weight is 285 g/mol. The molecule has 119 valence electrons. The summed E-state index contributed by atoms with van der Waals surface area (Å²) in [6.07, 6.45) is 18.7. The lowest BCUT2D eigenvalue weighted by molar-refractivity contribution is -0.222. The van der Waals surface area contributed by atoms with Gasteiger partial charge in [-0.3, -0.25) is 4.89 Å². The fourth-order valence-corrected chi connectivity index (χ4v) is 2.42. The van der Waals surface area contributed by atoms with Gasteiger partial charge in [0.1, 0.15) is 0 Å². The van der Waals surface area contributed by atoms with Gasteiger partial charge >= 0.3 is 6.47 Å². The lowest BCUT2D eigenvalue weighted by Gasteiger charge is -2.03. The molecule has 0 atom stereocenters. The molecule has 0 heterocycles. The van der Waals surface area contributed by atoms with Crippen LogP contribution in [0, 0.1) is 0 Å². The molecule has 20 heavy (non-hydrogen) atoms. The molecule has 1 radical (unpaired) electrons. The van der Waals surface area contributed by atoms with Crippen LogP contribution in [0.2, 0.25) is 0 Å². The Morgan fingerprint density at radius 3 is 1.45 bits per heavy atom. The zero-order valence-corrected chi connectivity index (χ0v) is 13.3. The molecule has 0 aromatic rings. The third kappa shape index (κ3) is 17.4. The van der Waals surface area contributed by atoms with Gasteiger partial charge in [0.15, 0.2) is 0 Å². The number of hydrogen-bond acceptors (Lipinski definition) is 3. The second-order valence-electron chi connectivity index (χ2n) is 5.58. The maximum Gasteiger partial charge on any atom is 0.453 e. The Morgan fingerprint density at radius 1 is 0.650 bits per heavy atom. The fourth-order valence-electron chi connectivity index (χ4n) is 2.42. The summed E-state index contributed by atoms with van der Waals surface area (Å²) in [5.41, 5.74) is 0. The van der Waals surface area contributed by atoms with Gasteiger partial charge in [0.2, 0.25) is 0 Å². The van der Waals surface area contributed by atoms with Gasteiger partial charge in [-0.1, -0.05) is 90.4 Å². The third-order valence-corrected chi connectivity index (χ3v) is 3.67. The molecule has 0 aromatic carbocycles. The molecule has 0 bridgehead atoms. The van der Waals surface area contributed by atoms with Crippen LogP contribution in [0.4, 0.5) is 0 Å². The van der Waals surface area contributed by atoms with Gasteiger partial charge in [0, 0.05) is 0 Å². The smallest absolute Gasteiger partial charge is 0.285 e. The fraction of sp³-hybridized carbons (Fsp3) is 0.941. The van der Waals surface area contributed by atoms with Gasteiger partial charge in [-0.2, -0.15) is 4.89 Å². The van der Waals surface area contributed by atoms with Crippen molar-refractivity contribution < 1.29 is 14.6 Å². The maximum atomic E-state index is 9.68. The molecule has 0 N–H and O–H groups in total. The lowest BCUT2D eigenvalue weighted by atomic mass is 10.0. The van der Waals surface area contributed by atoms with Gasteiger partial charge in [0.25, 0.3) is 0 Å². The van der Waals surface area contributed by atoms with E-state index in [4.69, 9.17) is 0 Å². The highest BCUT2D eigenvalue weighted by molar-refractivity contribution is 5.36.